The molecule has 2 aromatic rings. The number of hydrogen-bond acceptors (Lipinski definition) is 3. The molecule has 2 heterocycles. The molecule has 1 aliphatic rings. The molecule has 4 heteroatoms. The van der Waals surface area contributed by atoms with E-state index in [1.165, 1.54) is 11.4 Å². The molecule has 118 valence electrons. The van der Waals surface area contributed by atoms with Crippen molar-refractivity contribution < 1.29 is 0 Å². The zero-order chi connectivity index (χ0) is 15.7. The molecule has 0 bridgehead atoms. The van der Waals surface area contributed by atoms with Gasteiger partial charge in [-0.05, 0) is 30.9 Å². The Balaban J connectivity index is 1.82. The molecule has 2 N–H and O–H groups in total. The second-order valence-corrected chi connectivity index (χ2v) is 7.06. The summed E-state index contributed by atoms with van der Waals surface area (Å²) in [7, 11) is 0. The van der Waals surface area contributed by atoms with E-state index in [0.29, 0.717) is 6.04 Å². The molecule has 0 saturated carbocycles. The average Bonchev–Trinajstić information content (AvgIpc) is 2.84. The Morgan fingerprint density at radius 2 is 2.00 bits per heavy atom. The SMILES string of the molecule is Cc1ncc(CN2CCC(N)C(C)(C)C2)n1-c1ccccc1. The Hall–Kier alpha value is -1.65. The van der Waals surface area contributed by atoms with Gasteiger partial charge < -0.3 is 5.73 Å². The minimum Gasteiger partial charge on any atom is -0.327 e. The lowest BCUT2D eigenvalue weighted by Gasteiger charge is -2.42. The number of aromatic nitrogens is 2. The number of likely N-dealkylation sites (tertiary alicyclic amines) is 1. The summed E-state index contributed by atoms with van der Waals surface area (Å²) in [4.78, 5) is 7.02. The topological polar surface area (TPSA) is 47.1 Å². The molecule has 0 radical (unpaired) electrons. The number of para-hydroxylation sites is 1. The van der Waals surface area contributed by atoms with Crippen molar-refractivity contribution in [1.82, 2.24) is 14.5 Å². The largest absolute Gasteiger partial charge is 0.327 e. The van der Waals surface area contributed by atoms with Crippen LogP contribution in [0.1, 0.15) is 31.8 Å². The summed E-state index contributed by atoms with van der Waals surface area (Å²) in [6.07, 6.45) is 3.06. The number of rotatable bonds is 3. The number of aryl methyl sites for hydroxylation is 1. The van der Waals surface area contributed by atoms with Crippen LogP contribution in [0, 0.1) is 12.3 Å². The van der Waals surface area contributed by atoms with Crippen molar-refractivity contribution in [3.05, 3.63) is 48.0 Å². The number of hydrogen-bond donors (Lipinski definition) is 1. The summed E-state index contributed by atoms with van der Waals surface area (Å²) in [6, 6.07) is 10.7. The molecule has 22 heavy (non-hydrogen) atoms. The summed E-state index contributed by atoms with van der Waals surface area (Å²) >= 11 is 0. The van der Waals surface area contributed by atoms with E-state index in [9.17, 15) is 0 Å². The number of imidazole rings is 1. The molecule has 1 atom stereocenters. The highest BCUT2D eigenvalue weighted by molar-refractivity contribution is 5.35. The molecule has 1 aliphatic heterocycles. The Morgan fingerprint density at radius 3 is 2.68 bits per heavy atom. The Bertz CT molecular complexity index is 630. The lowest BCUT2D eigenvalue weighted by Crippen LogP contribution is -2.52. The van der Waals surface area contributed by atoms with Crippen LogP contribution in [-0.4, -0.2) is 33.6 Å². The highest BCUT2D eigenvalue weighted by Crippen LogP contribution is 2.29. The first kappa shape index (κ1) is 15.3. The van der Waals surface area contributed by atoms with E-state index in [-0.39, 0.29) is 5.41 Å². The summed E-state index contributed by atoms with van der Waals surface area (Å²) in [5.74, 6) is 1.04. The van der Waals surface area contributed by atoms with Crippen LogP contribution in [0.5, 0.6) is 0 Å². The van der Waals surface area contributed by atoms with E-state index < -0.39 is 0 Å². The third-order valence-electron chi connectivity index (χ3n) is 4.80. The van der Waals surface area contributed by atoms with E-state index in [0.717, 1.165) is 31.9 Å². The zero-order valence-electron chi connectivity index (χ0n) is 13.8. The van der Waals surface area contributed by atoms with Gasteiger partial charge >= 0.3 is 0 Å². The van der Waals surface area contributed by atoms with Crippen molar-refractivity contribution >= 4 is 0 Å². The molecule has 0 spiro atoms. The van der Waals surface area contributed by atoms with E-state index in [1.807, 2.05) is 12.3 Å². The van der Waals surface area contributed by atoms with Gasteiger partial charge in [0.1, 0.15) is 5.82 Å². The van der Waals surface area contributed by atoms with Gasteiger partial charge in [0.2, 0.25) is 0 Å². The third kappa shape index (κ3) is 2.94. The molecule has 1 fully saturated rings. The van der Waals surface area contributed by atoms with Gasteiger partial charge in [0.25, 0.3) is 0 Å². The Morgan fingerprint density at radius 1 is 1.27 bits per heavy atom. The first-order valence-corrected chi connectivity index (χ1v) is 8.04. The quantitative estimate of drug-likeness (QED) is 0.948. The second-order valence-electron chi connectivity index (χ2n) is 7.06. The van der Waals surface area contributed by atoms with Crippen LogP contribution in [-0.2, 0) is 6.54 Å². The van der Waals surface area contributed by atoms with Gasteiger partial charge in [-0.1, -0.05) is 32.0 Å². The van der Waals surface area contributed by atoms with Gasteiger partial charge in [-0.3, -0.25) is 9.47 Å². The highest BCUT2D eigenvalue weighted by Gasteiger charge is 2.33. The average molecular weight is 298 g/mol. The molecule has 3 rings (SSSR count). The Kier molecular flexibility index (Phi) is 4.06. The monoisotopic (exact) mass is 298 g/mol. The predicted octanol–water partition coefficient (Wildman–Crippen LogP) is 2.74. The summed E-state index contributed by atoms with van der Waals surface area (Å²) in [6.45, 7) is 9.61. The van der Waals surface area contributed by atoms with Crippen molar-refractivity contribution in [2.24, 2.45) is 11.1 Å². The van der Waals surface area contributed by atoms with Crippen LogP contribution in [0.4, 0.5) is 0 Å². The van der Waals surface area contributed by atoms with Crippen LogP contribution >= 0.6 is 0 Å². The van der Waals surface area contributed by atoms with Crippen LogP contribution in [0.15, 0.2) is 36.5 Å². The molecular weight excluding hydrogens is 272 g/mol. The van der Waals surface area contributed by atoms with E-state index >= 15 is 0 Å². The minimum atomic E-state index is 0.172. The van der Waals surface area contributed by atoms with Crippen molar-refractivity contribution in [1.29, 1.82) is 0 Å². The number of nitrogens with two attached hydrogens (primary N) is 1. The standard InChI is InChI=1S/C18H26N4/c1-14-20-11-16(22(14)15-7-5-4-6-8-15)12-21-10-9-17(19)18(2,3)13-21/h4-8,11,17H,9-10,12-13,19H2,1-3H3. The number of nitrogens with zero attached hydrogens (tertiary/aromatic N) is 3. The molecule has 0 aliphatic carbocycles. The fraction of sp³-hybridized carbons (Fsp3) is 0.500. The van der Waals surface area contributed by atoms with E-state index in [4.69, 9.17) is 5.73 Å². The molecule has 1 unspecified atom stereocenters. The van der Waals surface area contributed by atoms with Crippen LogP contribution < -0.4 is 5.73 Å². The molecule has 1 aromatic heterocycles. The second kappa shape index (κ2) is 5.86. The normalized spacial score (nSPS) is 21.9. The van der Waals surface area contributed by atoms with Gasteiger partial charge in [0.05, 0.1) is 11.9 Å². The predicted molar refractivity (Wildman–Crippen MR) is 90.0 cm³/mol. The summed E-state index contributed by atoms with van der Waals surface area (Å²) in [5, 5.41) is 0. The molecule has 0 amide bonds. The highest BCUT2D eigenvalue weighted by atomic mass is 15.2. The van der Waals surface area contributed by atoms with Crippen molar-refractivity contribution in [3.8, 4) is 5.69 Å². The minimum absolute atomic E-state index is 0.172. The van der Waals surface area contributed by atoms with Crippen molar-refractivity contribution in [2.45, 2.75) is 39.8 Å². The zero-order valence-corrected chi connectivity index (χ0v) is 13.8. The fourth-order valence-corrected chi connectivity index (χ4v) is 3.38. The maximum Gasteiger partial charge on any atom is 0.110 e. The lowest BCUT2D eigenvalue weighted by molar-refractivity contribution is 0.0885. The van der Waals surface area contributed by atoms with Gasteiger partial charge in [0, 0.05) is 31.4 Å². The first-order valence-electron chi connectivity index (χ1n) is 8.04. The third-order valence-corrected chi connectivity index (χ3v) is 4.80. The molecule has 1 aromatic carbocycles. The first-order chi connectivity index (χ1) is 10.5. The maximum atomic E-state index is 6.25. The van der Waals surface area contributed by atoms with E-state index in [2.05, 4.69) is 59.5 Å². The summed E-state index contributed by atoms with van der Waals surface area (Å²) in [5.41, 5.74) is 8.85. The number of benzene rings is 1. The lowest BCUT2D eigenvalue weighted by atomic mass is 9.80. The van der Waals surface area contributed by atoms with Crippen LogP contribution in [0.25, 0.3) is 5.69 Å². The van der Waals surface area contributed by atoms with Gasteiger partial charge in [-0.2, -0.15) is 0 Å². The smallest absolute Gasteiger partial charge is 0.110 e. The van der Waals surface area contributed by atoms with Crippen molar-refractivity contribution in [3.63, 3.8) is 0 Å². The van der Waals surface area contributed by atoms with E-state index in [1.54, 1.807) is 0 Å². The van der Waals surface area contributed by atoms with Gasteiger partial charge in [-0.25, -0.2) is 4.98 Å². The summed E-state index contributed by atoms with van der Waals surface area (Å²) < 4.78 is 2.25. The fourth-order valence-electron chi connectivity index (χ4n) is 3.38. The van der Waals surface area contributed by atoms with Crippen LogP contribution in [0.3, 0.4) is 0 Å². The van der Waals surface area contributed by atoms with Gasteiger partial charge in [0.15, 0.2) is 0 Å². The Labute approximate surface area is 133 Å². The molecular formula is C18H26N4. The van der Waals surface area contributed by atoms with Crippen LogP contribution in [0.2, 0.25) is 0 Å². The van der Waals surface area contributed by atoms with Gasteiger partial charge in [-0.15, -0.1) is 0 Å². The number of piperidine rings is 1. The van der Waals surface area contributed by atoms with Crippen molar-refractivity contribution in [2.75, 3.05) is 13.1 Å². The molecule has 4 nitrogen and oxygen atoms in total. The molecule has 1 saturated heterocycles. The maximum absolute atomic E-state index is 6.25.